The van der Waals surface area contributed by atoms with Gasteiger partial charge in [0.1, 0.15) is 17.0 Å². The van der Waals surface area contributed by atoms with E-state index in [2.05, 4.69) is 25.9 Å². The normalized spacial score (nSPS) is 18.3. The summed E-state index contributed by atoms with van der Waals surface area (Å²) >= 11 is 14.1. The molecule has 14 heteroatoms. The maximum Gasteiger partial charge on any atom is 0.573 e. The van der Waals surface area contributed by atoms with E-state index >= 15 is 0 Å². The van der Waals surface area contributed by atoms with Crippen molar-refractivity contribution in [3.05, 3.63) is 57.5 Å². The molecule has 0 radical (unpaired) electrons. The Morgan fingerprint density at radius 2 is 1.83 bits per heavy atom. The van der Waals surface area contributed by atoms with Gasteiger partial charge in [-0.15, -0.1) is 13.2 Å². The molecule has 42 heavy (non-hydrogen) atoms. The van der Waals surface area contributed by atoms with Gasteiger partial charge in [-0.2, -0.15) is 0 Å². The van der Waals surface area contributed by atoms with Crippen molar-refractivity contribution in [1.82, 2.24) is 15.1 Å². The zero-order valence-corrected chi connectivity index (χ0v) is 24.0. The molecule has 3 aliphatic rings. The molecule has 0 bridgehead atoms. The monoisotopic (exact) mass is 636 g/mol. The zero-order valence-electron chi connectivity index (χ0n) is 21.7. The lowest BCUT2D eigenvalue weighted by atomic mass is 9.63. The number of benzene rings is 1. The fraction of sp³-hybridized carbons (Fsp3) is 0.357. The molecular weight excluding hydrogens is 616 g/mol. The number of allylic oxidation sites excluding steroid dienone is 2. The lowest BCUT2D eigenvalue weighted by Gasteiger charge is -2.46. The van der Waals surface area contributed by atoms with Crippen molar-refractivity contribution in [3.63, 3.8) is 0 Å². The first-order chi connectivity index (χ1) is 20.0. The minimum absolute atomic E-state index is 0.00976. The zero-order chi connectivity index (χ0) is 29.4. The number of hydrogen-bond donors (Lipinski definition) is 1. The summed E-state index contributed by atoms with van der Waals surface area (Å²) in [5.41, 5.74) is 2.98. The molecule has 1 spiro atoms. The molecule has 3 aromatic heterocycles. The van der Waals surface area contributed by atoms with Crippen molar-refractivity contribution in [2.75, 3.05) is 18.0 Å². The fourth-order valence-corrected chi connectivity index (χ4v) is 7.46. The largest absolute Gasteiger partial charge is 0.573 e. The van der Waals surface area contributed by atoms with Gasteiger partial charge in [-0.25, -0.2) is 9.78 Å². The topological polar surface area (TPSA) is 102 Å². The second-order valence-electron chi connectivity index (χ2n) is 10.9. The number of fused-ring (bicyclic) bond motifs is 1. The number of carboxylic acid groups (broad SMARTS) is 1. The van der Waals surface area contributed by atoms with E-state index in [4.69, 9.17) is 27.7 Å². The second-order valence-corrected chi connectivity index (χ2v) is 12.7. The Balaban J connectivity index is 1.14. The minimum atomic E-state index is -4.97. The van der Waals surface area contributed by atoms with Crippen molar-refractivity contribution in [2.24, 2.45) is 5.41 Å². The fourth-order valence-electron chi connectivity index (χ4n) is 5.84. The summed E-state index contributed by atoms with van der Waals surface area (Å²) in [6, 6.07) is 2.18. The Labute approximate surface area is 250 Å². The lowest BCUT2D eigenvalue weighted by molar-refractivity contribution is -0.274. The average Bonchev–Trinajstić information content (AvgIpc) is 3.51. The number of aromatic carboxylic acids is 1. The number of thiazole rings is 1. The molecule has 1 saturated heterocycles. The summed E-state index contributed by atoms with van der Waals surface area (Å²) < 4.78 is 49.3. The number of piperidine rings is 1. The third kappa shape index (κ3) is 4.88. The number of anilines is 1. The molecule has 0 amide bonds. The molecule has 1 aromatic carbocycles. The number of nitrogens with zero attached hydrogens (tertiary/aromatic N) is 4. The number of pyridine rings is 1. The van der Waals surface area contributed by atoms with Crippen LogP contribution in [-0.2, 0) is 0 Å². The molecule has 8 nitrogen and oxygen atoms in total. The molecule has 4 heterocycles. The van der Waals surface area contributed by atoms with Crippen LogP contribution in [0.3, 0.4) is 0 Å². The van der Waals surface area contributed by atoms with Crippen molar-refractivity contribution < 1.29 is 32.3 Å². The van der Waals surface area contributed by atoms with E-state index < -0.39 is 18.1 Å². The van der Waals surface area contributed by atoms with E-state index in [0.29, 0.717) is 50.1 Å². The molecule has 0 atom stereocenters. The summed E-state index contributed by atoms with van der Waals surface area (Å²) in [4.78, 5) is 22.0. The van der Waals surface area contributed by atoms with E-state index in [9.17, 15) is 23.1 Å². The van der Waals surface area contributed by atoms with Crippen LogP contribution < -0.4 is 9.64 Å². The highest BCUT2D eigenvalue weighted by molar-refractivity contribution is 7.22. The summed E-state index contributed by atoms with van der Waals surface area (Å²) in [5.74, 6) is -0.780. The van der Waals surface area contributed by atoms with Crippen LogP contribution >= 0.6 is 34.5 Å². The van der Waals surface area contributed by atoms with Crippen molar-refractivity contribution in [3.8, 4) is 17.0 Å². The maximum atomic E-state index is 13.0. The van der Waals surface area contributed by atoms with Crippen molar-refractivity contribution in [1.29, 1.82) is 0 Å². The molecule has 4 aromatic rings. The van der Waals surface area contributed by atoms with Gasteiger partial charge >= 0.3 is 12.3 Å². The Morgan fingerprint density at radius 3 is 2.45 bits per heavy atom. The Morgan fingerprint density at radius 1 is 1.14 bits per heavy atom. The molecule has 1 saturated carbocycles. The molecular formula is C28H21Cl2F3N4O4S. The Bertz CT molecular complexity index is 1750. The van der Waals surface area contributed by atoms with E-state index in [1.165, 1.54) is 18.5 Å². The third-order valence-electron chi connectivity index (χ3n) is 8.05. The predicted molar refractivity (Wildman–Crippen MR) is 151 cm³/mol. The maximum absolute atomic E-state index is 13.0. The summed E-state index contributed by atoms with van der Waals surface area (Å²) in [6.07, 6.45) is 4.90. The SMILES string of the molecule is O=C(O)c1cc(OC(F)(F)F)c2nc(N3CCC4(C=C(c5c(-c6c(Cl)cncc6Cl)noc5C5CC5)C4)CC3)sc2c1. The molecule has 218 valence electrons. The van der Waals surface area contributed by atoms with Gasteiger partial charge in [0.05, 0.1) is 20.3 Å². The lowest BCUT2D eigenvalue weighted by Crippen LogP contribution is -2.42. The first kappa shape index (κ1) is 27.5. The number of hydrogen-bond acceptors (Lipinski definition) is 8. The number of aromatic nitrogens is 3. The van der Waals surface area contributed by atoms with E-state index in [0.717, 1.165) is 66.4 Å². The molecule has 1 N–H and O–H groups in total. The Kier molecular flexibility index (Phi) is 6.45. The van der Waals surface area contributed by atoms with Crippen LogP contribution in [0.5, 0.6) is 5.75 Å². The van der Waals surface area contributed by atoms with Gasteiger partial charge in [0, 0.05) is 42.5 Å². The number of halogens is 5. The van der Waals surface area contributed by atoms with Gasteiger partial charge in [-0.05, 0) is 55.2 Å². The second kappa shape index (κ2) is 9.85. The summed E-state index contributed by atoms with van der Waals surface area (Å²) in [6.45, 7) is 1.28. The first-order valence-corrected chi connectivity index (χ1v) is 14.8. The van der Waals surface area contributed by atoms with Gasteiger partial charge < -0.3 is 19.3 Å². The minimum Gasteiger partial charge on any atom is -0.478 e. The van der Waals surface area contributed by atoms with Crippen molar-refractivity contribution >= 4 is 61.4 Å². The molecule has 0 unspecified atom stereocenters. The third-order valence-corrected chi connectivity index (χ3v) is 9.69. The highest BCUT2D eigenvalue weighted by atomic mass is 35.5. The number of carbonyl (C=O) groups is 1. The standard InChI is InChI=1S/C28H21Cl2F3N4O4S/c29-16-11-34-12-17(30)21(16)23-20(24(41-36-23)13-1-2-13)15-9-27(10-15)3-5-37(6-4-27)26-35-22-18(40-28(31,32)33)7-14(25(38)39)8-19(22)42-26/h7-9,11-13H,1-6,10H2,(H,38,39). The highest BCUT2D eigenvalue weighted by Gasteiger charge is 2.44. The number of alkyl halides is 3. The van der Waals surface area contributed by atoms with Crippen LogP contribution in [0.1, 0.15) is 59.7 Å². The molecule has 2 aliphatic carbocycles. The van der Waals surface area contributed by atoms with Crippen LogP contribution in [0.2, 0.25) is 10.0 Å². The van der Waals surface area contributed by atoms with Gasteiger partial charge in [0.2, 0.25) is 0 Å². The van der Waals surface area contributed by atoms with Crippen LogP contribution in [0.25, 0.3) is 27.0 Å². The Hall–Kier alpha value is -3.35. The van der Waals surface area contributed by atoms with Crippen LogP contribution in [0.4, 0.5) is 18.3 Å². The molecule has 7 rings (SSSR count). The average molecular weight is 637 g/mol. The molecule has 1 aliphatic heterocycles. The van der Waals surface area contributed by atoms with Crippen LogP contribution in [0, 0.1) is 5.41 Å². The highest BCUT2D eigenvalue weighted by Crippen LogP contribution is 2.56. The smallest absolute Gasteiger partial charge is 0.478 e. The van der Waals surface area contributed by atoms with E-state index in [1.54, 1.807) is 0 Å². The van der Waals surface area contributed by atoms with Gasteiger partial charge in [-0.3, -0.25) is 4.98 Å². The number of ether oxygens (including phenoxy) is 1. The first-order valence-electron chi connectivity index (χ1n) is 13.2. The van der Waals surface area contributed by atoms with Gasteiger partial charge in [-0.1, -0.05) is 45.8 Å². The quantitative estimate of drug-likeness (QED) is 0.226. The van der Waals surface area contributed by atoms with E-state index in [-0.39, 0.29) is 16.5 Å². The number of rotatable bonds is 6. The van der Waals surface area contributed by atoms with Crippen LogP contribution in [-0.4, -0.2) is 45.7 Å². The van der Waals surface area contributed by atoms with Gasteiger partial charge in [0.25, 0.3) is 0 Å². The van der Waals surface area contributed by atoms with E-state index in [1.807, 2.05) is 4.90 Å². The van der Waals surface area contributed by atoms with Crippen LogP contribution in [0.15, 0.2) is 35.1 Å². The molecule has 2 fully saturated rings. The van der Waals surface area contributed by atoms with Gasteiger partial charge in [0.15, 0.2) is 10.9 Å². The summed E-state index contributed by atoms with van der Waals surface area (Å²) in [5, 5.41) is 15.1. The predicted octanol–water partition coefficient (Wildman–Crippen LogP) is 8.20. The summed E-state index contributed by atoms with van der Waals surface area (Å²) in [7, 11) is 0. The van der Waals surface area contributed by atoms with Crippen molar-refractivity contribution in [2.45, 2.75) is 44.4 Å². The number of carboxylic acids is 1.